The van der Waals surface area contributed by atoms with Crippen LogP contribution in [0.3, 0.4) is 0 Å². The molecule has 0 N–H and O–H groups in total. The minimum Gasteiger partial charge on any atom is -0.480 e. The fraction of sp³-hybridized carbons (Fsp3) is 0.0500. The van der Waals surface area contributed by atoms with Gasteiger partial charge in [0, 0.05) is 5.56 Å². The molecule has 0 aliphatic heterocycles. The second-order valence-corrected chi connectivity index (χ2v) is 5.46. The zero-order valence-electron chi connectivity index (χ0n) is 12.8. The monoisotopic (exact) mass is 338 g/mol. The molecule has 4 heteroatoms. The second kappa shape index (κ2) is 7.66. The summed E-state index contributed by atoms with van der Waals surface area (Å²) < 4.78 is 10.9. The van der Waals surface area contributed by atoms with Crippen LogP contribution >= 0.6 is 11.6 Å². The van der Waals surface area contributed by atoms with Gasteiger partial charge >= 0.3 is 5.97 Å². The van der Waals surface area contributed by atoms with E-state index in [-0.39, 0.29) is 6.61 Å². The fourth-order valence-electron chi connectivity index (χ4n) is 2.26. The lowest BCUT2D eigenvalue weighted by Crippen LogP contribution is -2.18. The molecule has 3 nitrogen and oxygen atoms in total. The van der Waals surface area contributed by atoms with Crippen molar-refractivity contribution in [2.45, 2.75) is 0 Å². The number of ether oxygens (including phenoxy) is 2. The topological polar surface area (TPSA) is 35.5 Å². The minimum atomic E-state index is -0.488. The molecule has 0 saturated heterocycles. The lowest BCUT2D eigenvalue weighted by molar-refractivity contribution is -0.136. The lowest BCUT2D eigenvalue weighted by Gasteiger charge is -2.11. The van der Waals surface area contributed by atoms with Gasteiger partial charge in [-0.25, -0.2) is 4.79 Å². The van der Waals surface area contributed by atoms with Crippen LogP contribution in [0, 0.1) is 0 Å². The maximum Gasteiger partial charge on any atom is 0.349 e. The maximum atomic E-state index is 12.1. The summed E-state index contributed by atoms with van der Waals surface area (Å²) in [5, 5.41) is 0.454. The number of rotatable bonds is 5. The number of hydrogen-bond acceptors (Lipinski definition) is 3. The van der Waals surface area contributed by atoms with Crippen molar-refractivity contribution in [3.05, 3.63) is 83.9 Å². The highest BCUT2D eigenvalue weighted by atomic mass is 35.5. The average molecular weight is 339 g/mol. The number of carbonyl (C=O) groups is 1. The summed E-state index contributed by atoms with van der Waals surface area (Å²) >= 11 is 6.00. The van der Waals surface area contributed by atoms with Gasteiger partial charge in [0.1, 0.15) is 11.5 Å². The van der Waals surface area contributed by atoms with Crippen LogP contribution in [0.4, 0.5) is 0 Å². The first-order valence-corrected chi connectivity index (χ1v) is 7.84. The quantitative estimate of drug-likeness (QED) is 0.485. The smallest absolute Gasteiger partial charge is 0.349 e. The molecule has 0 unspecified atom stereocenters. The van der Waals surface area contributed by atoms with Crippen molar-refractivity contribution in [1.82, 2.24) is 0 Å². The van der Waals surface area contributed by atoms with Gasteiger partial charge in [0.2, 0.25) is 0 Å². The third-order valence-corrected chi connectivity index (χ3v) is 3.69. The van der Waals surface area contributed by atoms with E-state index in [2.05, 4.69) is 0 Å². The minimum absolute atomic E-state index is 0.215. The molecule has 3 aromatic rings. The van der Waals surface area contributed by atoms with Gasteiger partial charge in [-0.1, -0.05) is 72.3 Å². The Morgan fingerprint density at radius 1 is 0.792 bits per heavy atom. The van der Waals surface area contributed by atoms with Gasteiger partial charge in [0.05, 0.1) is 5.02 Å². The van der Waals surface area contributed by atoms with E-state index >= 15 is 0 Å². The molecule has 0 fully saturated rings. The standard InChI is InChI=1S/C20H15ClO3/c21-17-11-5-7-13-19(17)23-14-20(22)24-18-12-6-4-10-16(18)15-8-2-1-3-9-15/h1-13H,14H2. The van der Waals surface area contributed by atoms with Crippen LogP contribution in [0.1, 0.15) is 0 Å². The number of esters is 1. The summed E-state index contributed by atoms with van der Waals surface area (Å²) in [5.74, 6) is 0.460. The van der Waals surface area contributed by atoms with Crippen LogP contribution in [0.5, 0.6) is 11.5 Å². The third kappa shape index (κ3) is 3.94. The summed E-state index contributed by atoms with van der Waals surface area (Å²) in [7, 11) is 0. The summed E-state index contributed by atoms with van der Waals surface area (Å²) in [5.41, 5.74) is 1.83. The molecule has 0 aliphatic rings. The molecule has 0 radical (unpaired) electrons. The molecule has 0 heterocycles. The zero-order chi connectivity index (χ0) is 16.8. The predicted octanol–water partition coefficient (Wildman–Crippen LogP) is 4.99. The van der Waals surface area contributed by atoms with Gasteiger partial charge in [-0.3, -0.25) is 0 Å². The molecule has 0 aliphatic carbocycles. The Bertz CT molecular complexity index is 831. The third-order valence-electron chi connectivity index (χ3n) is 3.38. The molecule has 0 spiro atoms. The second-order valence-electron chi connectivity index (χ2n) is 5.06. The molecular formula is C20H15ClO3. The highest BCUT2D eigenvalue weighted by Gasteiger charge is 2.11. The van der Waals surface area contributed by atoms with Gasteiger partial charge < -0.3 is 9.47 Å². The molecule has 0 amide bonds. The summed E-state index contributed by atoms with van der Waals surface area (Å²) in [4.78, 5) is 12.1. The number of halogens is 1. The van der Waals surface area contributed by atoms with E-state index in [0.29, 0.717) is 16.5 Å². The van der Waals surface area contributed by atoms with E-state index in [1.807, 2.05) is 48.5 Å². The molecule has 3 aromatic carbocycles. The van der Waals surface area contributed by atoms with Crippen molar-refractivity contribution in [2.75, 3.05) is 6.61 Å². The van der Waals surface area contributed by atoms with E-state index < -0.39 is 5.97 Å². The fourth-order valence-corrected chi connectivity index (χ4v) is 2.45. The van der Waals surface area contributed by atoms with Gasteiger partial charge in [-0.2, -0.15) is 0 Å². The predicted molar refractivity (Wildman–Crippen MR) is 94.5 cm³/mol. The van der Waals surface area contributed by atoms with Crippen LogP contribution < -0.4 is 9.47 Å². The molecule has 0 bridgehead atoms. The van der Waals surface area contributed by atoms with Crippen LogP contribution in [0.15, 0.2) is 78.9 Å². The Morgan fingerprint density at radius 2 is 1.42 bits per heavy atom. The van der Waals surface area contributed by atoms with Crippen molar-refractivity contribution in [2.24, 2.45) is 0 Å². The van der Waals surface area contributed by atoms with Gasteiger partial charge in [-0.05, 0) is 23.8 Å². The SMILES string of the molecule is O=C(COc1ccccc1Cl)Oc1ccccc1-c1ccccc1. The Balaban J connectivity index is 1.70. The molecule has 0 aromatic heterocycles. The van der Waals surface area contributed by atoms with Gasteiger partial charge in [0.25, 0.3) is 0 Å². The molecule has 120 valence electrons. The van der Waals surface area contributed by atoms with E-state index in [1.54, 1.807) is 30.3 Å². The first-order valence-electron chi connectivity index (χ1n) is 7.46. The van der Waals surface area contributed by atoms with E-state index in [1.165, 1.54) is 0 Å². The highest BCUT2D eigenvalue weighted by molar-refractivity contribution is 6.32. The largest absolute Gasteiger partial charge is 0.480 e. The first-order chi connectivity index (χ1) is 11.7. The Morgan fingerprint density at radius 3 is 2.17 bits per heavy atom. The van der Waals surface area contributed by atoms with Gasteiger partial charge in [0.15, 0.2) is 6.61 Å². The number of carbonyl (C=O) groups excluding carboxylic acids is 1. The maximum absolute atomic E-state index is 12.1. The molecule has 0 atom stereocenters. The van der Waals surface area contributed by atoms with Crippen molar-refractivity contribution in [1.29, 1.82) is 0 Å². The summed E-state index contributed by atoms with van der Waals surface area (Å²) in [6.07, 6.45) is 0. The van der Waals surface area contributed by atoms with Gasteiger partial charge in [-0.15, -0.1) is 0 Å². The van der Waals surface area contributed by atoms with Crippen LogP contribution in [0.2, 0.25) is 5.02 Å². The van der Waals surface area contributed by atoms with Crippen molar-refractivity contribution in [3.63, 3.8) is 0 Å². The van der Waals surface area contributed by atoms with Crippen LogP contribution in [-0.2, 0) is 4.79 Å². The van der Waals surface area contributed by atoms with Crippen LogP contribution in [0.25, 0.3) is 11.1 Å². The Labute approximate surface area is 145 Å². The molecule has 24 heavy (non-hydrogen) atoms. The van der Waals surface area contributed by atoms with E-state index in [9.17, 15) is 4.79 Å². The Kier molecular flexibility index (Phi) is 5.14. The summed E-state index contributed by atoms with van der Waals surface area (Å²) in [6.45, 7) is -0.215. The normalized spacial score (nSPS) is 10.2. The number of hydrogen-bond donors (Lipinski definition) is 0. The first kappa shape index (κ1) is 16.1. The number of para-hydroxylation sites is 2. The highest BCUT2D eigenvalue weighted by Crippen LogP contribution is 2.29. The van der Waals surface area contributed by atoms with Crippen molar-refractivity contribution >= 4 is 17.6 Å². The number of benzene rings is 3. The molecular weight excluding hydrogens is 324 g/mol. The van der Waals surface area contributed by atoms with Crippen LogP contribution in [-0.4, -0.2) is 12.6 Å². The molecule has 3 rings (SSSR count). The van der Waals surface area contributed by atoms with Crippen molar-refractivity contribution < 1.29 is 14.3 Å². The molecule has 0 saturated carbocycles. The van der Waals surface area contributed by atoms with Crippen molar-refractivity contribution in [3.8, 4) is 22.6 Å². The Hall–Kier alpha value is -2.78. The van der Waals surface area contributed by atoms with E-state index in [4.69, 9.17) is 21.1 Å². The average Bonchev–Trinajstić information content (AvgIpc) is 2.62. The van der Waals surface area contributed by atoms with E-state index in [0.717, 1.165) is 11.1 Å². The summed E-state index contributed by atoms with van der Waals surface area (Å²) in [6, 6.07) is 24.1. The lowest BCUT2D eigenvalue weighted by atomic mass is 10.1. The zero-order valence-corrected chi connectivity index (χ0v) is 13.6.